The lowest BCUT2D eigenvalue weighted by Gasteiger charge is -2.32. The van der Waals surface area contributed by atoms with E-state index < -0.39 is 6.04 Å². The number of nitrogens with one attached hydrogen (secondary N) is 1. The van der Waals surface area contributed by atoms with Gasteiger partial charge in [0, 0.05) is 31.0 Å². The second-order valence-corrected chi connectivity index (χ2v) is 8.78. The van der Waals surface area contributed by atoms with Crippen molar-refractivity contribution in [1.82, 2.24) is 10.2 Å². The van der Waals surface area contributed by atoms with Crippen LogP contribution in [-0.4, -0.2) is 35.9 Å². The van der Waals surface area contributed by atoms with Gasteiger partial charge in [-0.05, 0) is 42.2 Å². The molecular weight excluding hydrogens is 460 g/mol. The number of halogens is 1. The Labute approximate surface area is 213 Å². The molecule has 1 atom stereocenters. The maximum Gasteiger partial charge on any atom is 0.243 e. The third-order valence-corrected chi connectivity index (χ3v) is 6.03. The summed E-state index contributed by atoms with van der Waals surface area (Å²) in [6, 6.07) is 26.1. The topological polar surface area (TPSA) is 58.6 Å². The van der Waals surface area contributed by atoms with E-state index in [9.17, 15) is 9.59 Å². The van der Waals surface area contributed by atoms with Crippen LogP contribution in [0.2, 0.25) is 5.02 Å². The molecule has 3 aromatic rings. The Bertz CT molecular complexity index is 1060. The minimum Gasteiger partial charge on any atom is -0.494 e. The molecule has 0 aliphatic carbocycles. The number of hydrogen-bond acceptors (Lipinski definition) is 3. The number of rotatable bonds is 13. The van der Waals surface area contributed by atoms with E-state index in [0.29, 0.717) is 31.0 Å². The smallest absolute Gasteiger partial charge is 0.243 e. The molecule has 3 aromatic carbocycles. The fourth-order valence-electron chi connectivity index (χ4n) is 3.80. The maximum absolute atomic E-state index is 13.5. The van der Waals surface area contributed by atoms with E-state index in [0.717, 1.165) is 23.3 Å². The van der Waals surface area contributed by atoms with Crippen molar-refractivity contribution in [3.8, 4) is 5.75 Å². The summed E-state index contributed by atoms with van der Waals surface area (Å²) in [6.07, 6.45) is 2.05. The number of carbonyl (C=O) groups excluding carboxylic acids is 2. The first-order chi connectivity index (χ1) is 17.1. The molecule has 0 aliphatic rings. The molecule has 2 amide bonds. The fourth-order valence-corrected chi connectivity index (χ4v) is 4.00. The number of nitrogens with zero attached hydrogens (tertiary/aromatic N) is 1. The normalized spacial score (nSPS) is 11.5. The summed E-state index contributed by atoms with van der Waals surface area (Å²) in [5, 5.41) is 3.56. The van der Waals surface area contributed by atoms with E-state index in [4.69, 9.17) is 16.3 Å². The van der Waals surface area contributed by atoms with Gasteiger partial charge in [0.25, 0.3) is 0 Å². The molecule has 0 aliphatic heterocycles. The van der Waals surface area contributed by atoms with Gasteiger partial charge in [0.05, 0.1) is 6.61 Å². The van der Waals surface area contributed by atoms with Gasteiger partial charge < -0.3 is 15.0 Å². The minimum absolute atomic E-state index is 0.103. The third kappa shape index (κ3) is 8.45. The van der Waals surface area contributed by atoms with E-state index in [2.05, 4.69) is 5.32 Å². The number of ether oxygens (including phenoxy) is 1. The predicted octanol–water partition coefficient (Wildman–Crippen LogP) is 5.67. The van der Waals surface area contributed by atoms with Crippen LogP contribution in [0.3, 0.4) is 0 Å². The molecule has 3 rings (SSSR count). The van der Waals surface area contributed by atoms with Crippen molar-refractivity contribution in [3.05, 3.63) is 101 Å². The highest BCUT2D eigenvalue weighted by Crippen LogP contribution is 2.21. The first kappa shape index (κ1) is 26.3. The minimum atomic E-state index is -0.650. The first-order valence-electron chi connectivity index (χ1n) is 12.1. The molecule has 0 radical (unpaired) electrons. The van der Waals surface area contributed by atoms with Crippen molar-refractivity contribution in [1.29, 1.82) is 0 Å². The van der Waals surface area contributed by atoms with Gasteiger partial charge in [-0.15, -0.1) is 0 Å². The molecule has 184 valence electrons. The van der Waals surface area contributed by atoms with E-state index in [1.807, 2.05) is 85.8 Å². The Morgan fingerprint density at radius 3 is 2.29 bits per heavy atom. The average Bonchev–Trinajstić information content (AvgIpc) is 2.89. The van der Waals surface area contributed by atoms with E-state index in [1.54, 1.807) is 11.0 Å². The van der Waals surface area contributed by atoms with Gasteiger partial charge >= 0.3 is 0 Å². The van der Waals surface area contributed by atoms with Crippen LogP contribution < -0.4 is 10.1 Å². The van der Waals surface area contributed by atoms with Gasteiger partial charge in [-0.1, -0.05) is 85.3 Å². The second kappa shape index (κ2) is 14.2. The van der Waals surface area contributed by atoms with Crippen LogP contribution >= 0.6 is 11.6 Å². The molecule has 0 unspecified atom stereocenters. The van der Waals surface area contributed by atoms with Crippen molar-refractivity contribution >= 4 is 23.4 Å². The zero-order chi connectivity index (χ0) is 24.9. The Hall–Kier alpha value is -3.31. The monoisotopic (exact) mass is 492 g/mol. The lowest BCUT2D eigenvalue weighted by atomic mass is 10.0. The highest BCUT2D eigenvalue weighted by atomic mass is 35.5. The first-order valence-corrected chi connectivity index (χ1v) is 12.5. The summed E-state index contributed by atoms with van der Waals surface area (Å²) in [7, 11) is 0. The Morgan fingerprint density at radius 1 is 0.943 bits per heavy atom. The van der Waals surface area contributed by atoms with Crippen LogP contribution in [0.15, 0.2) is 84.9 Å². The molecular formula is C29H33ClN2O3. The van der Waals surface area contributed by atoms with Crippen molar-refractivity contribution in [3.63, 3.8) is 0 Å². The number of benzene rings is 3. The van der Waals surface area contributed by atoms with Gasteiger partial charge in [-0.3, -0.25) is 9.59 Å². The van der Waals surface area contributed by atoms with Crippen molar-refractivity contribution in [2.45, 2.75) is 45.2 Å². The van der Waals surface area contributed by atoms with Crippen LogP contribution in [0.25, 0.3) is 0 Å². The van der Waals surface area contributed by atoms with Gasteiger partial charge in [-0.25, -0.2) is 0 Å². The zero-order valence-corrected chi connectivity index (χ0v) is 20.9. The molecule has 0 saturated heterocycles. The SMILES string of the molecule is CCCNC(=O)[C@H](Cc1ccccc1)N(Cc1ccccc1Cl)C(=O)CCCOc1ccccc1. The molecule has 1 N–H and O–H groups in total. The molecule has 5 nitrogen and oxygen atoms in total. The molecule has 0 bridgehead atoms. The van der Waals surface area contributed by atoms with Gasteiger partial charge in [-0.2, -0.15) is 0 Å². The van der Waals surface area contributed by atoms with Crippen LogP contribution in [-0.2, 0) is 22.6 Å². The predicted molar refractivity (Wildman–Crippen MR) is 140 cm³/mol. The van der Waals surface area contributed by atoms with Crippen LogP contribution in [0.1, 0.15) is 37.3 Å². The van der Waals surface area contributed by atoms with Crippen LogP contribution in [0.4, 0.5) is 0 Å². The van der Waals surface area contributed by atoms with Crippen LogP contribution in [0.5, 0.6) is 5.75 Å². The standard InChI is InChI=1S/C29H33ClN2O3/c1-2-19-31-29(34)27(21-23-12-5-3-6-13-23)32(22-24-14-9-10-17-26(24)30)28(33)18-11-20-35-25-15-7-4-8-16-25/h3-10,12-17,27H,2,11,18-22H2,1H3,(H,31,34)/t27-/m0/s1. The number of amides is 2. The number of carbonyl (C=O) groups is 2. The highest BCUT2D eigenvalue weighted by molar-refractivity contribution is 6.31. The molecule has 35 heavy (non-hydrogen) atoms. The number of hydrogen-bond donors (Lipinski definition) is 1. The van der Waals surface area contributed by atoms with Crippen molar-refractivity contribution in [2.75, 3.05) is 13.2 Å². The summed E-state index contributed by atoms with van der Waals surface area (Å²) >= 11 is 6.44. The van der Waals surface area contributed by atoms with E-state index in [1.165, 1.54) is 0 Å². The number of para-hydroxylation sites is 1. The van der Waals surface area contributed by atoms with Gasteiger partial charge in [0.2, 0.25) is 11.8 Å². The summed E-state index contributed by atoms with van der Waals surface area (Å²) < 4.78 is 5.76. The molecule has 0 aromatic heterocycles. The summed E-state index contributed by atoms with van der Waals surface area (Å²) in [4.78, 5) is 28.5. The largest absolute Gasteiger partial charge is 0.494 e. The van der Waals surface area contributed by atoms with E-state index >= 15 is 0 Å². The van der Waals surface area contributed by atoms with E-state index in [-0.39, 0.29) is 24.8 Å². The Kier molecular flexibility index (Phi) is 10.6. The Balaban J connectivity index is 1.79. The quantitative estimate of drug-likeness (QED) is 0.313. The lowest BCUT2D eigenvalue weighted by molar-refractivity contribution is -0.141. The van der Waals surface area contributed by atoms with Gasteiger partial charge in [0.15, 0.2) is 0 Å². The summed E-state index contributed by atoms with van der Waals surface area (Å²) in [5.74, 6) is 0.513. The van der Waals surface area contributed by atoms with Crippen molar-refractivity contribution < 1.29 is 14.3 Å². The van der Waals surface area contributed by atoms with Gasteiger partial charge in [0.1, 0.15) is 11.8 Å². The molecule has 0 fully saturated rings. The zero-order valence-electron chi connectivity index (χ0n) is 20.2. The molecule has 0 heterocycles. The second-order valence-electron chi connectivity index (χ2n) is 8.37. The Morgan fingerprint density at radius 2 is 1.60 bits per heavy atom. The molecule has 6 heteroatoms. The molecule has 0 saturated carbocycles. The summed E-state index contributed by atoms with van der Waals surface area (Å²) in [5.41, 5.74) is 1.80. The van der Waals surface area contributed by atoms with Crippen molar-refractivity contribution in [2.24, 2.45) is 0 Å². The fraction of sp³-hybridized carbons (Fsp3) is 0.310. The third-order valence-electron chi connectivity index (χ3n) is 5.67. The summed E-state index contributed by atoms with van der Waals surface area (Å²) in [6.45, 7) is 3.24. The average molecular weight is 493 g/mol. The maximum atomic E-state index is 13.5. The highest BCUT2D eigenvalue weighted by Gasteiger charge is 2.30. The molecule has 0 spiro atoms. The van der Waals surface area contributed by atoms with Crippen LogP contribution in [0, 0.1) is 0 Å². The lowest BCUT2D eigenvalue weighted by Crippen LogP contribution is -2.50.